The van der Waals surface area contributed by atoms with Gasteiger partial charge in [-0.25, -0.2) is 4.39 Å². The van der Waals surface area contributed by atoms with E-state index >= 15 is 0 Å². The third-order valence-corrected chi connectivity index (χ3v) is 3.82. The summed E-state index contributed by atoms with van der Waals surface area (Å²) < 4.78 is 12.9. The second kappa shape index (κ2) is 7.24. The Kier molecular flexibility index (Phi) is 5.35. The van der Waals surface area contributed by atoms with Crippen molar-refractivity contribution in [2.75, 3.05) is 37.6 Å². The van der Waals surface area contributed by atoms with Crippen LogP contribution in [0, 0.1) is 5.82 Å². The van der Waals surface area contributed by atoms with Gasteiger partial charge in [0.2, 0.25) is 0 Å². The molecule has 0 radical (unpaired) electrons. The van der Waals surface area contributed by atoms with Crippen molar-refractivity contribution in [2.45, 2.75) is 19.3 Å². The molecule has 0 aromatic heterocycles. The number of aliphatic carboxylic acids is 1. The lowest BCUT2D eigenvalue weighted by molar-refractivity contribution is -0.900. The van der Waals surface area contributed by atoms with Gasteiger partial charge in [-0.1, -0.05) is 0 Å². The van der Waals surface area contributed by atoms with Crippen LogP contribution < -0.4 is 14.9 Å². The normalized spacial score (nSPS) is 16.4. The van der Waals surface area contributed by atoms with E-state index in [-0.39, 0.29) is 12.2 Å². The van der Waals surface area contributed by atoms with Crippen LogP contribution in [-0.2, 0) is 4.79 Å². The van der Waals surface area contributed by atoms with Crippen LogP contribution in [0.1, 0.15) is 19.3 Å². The Hall–Kier alpha value is -1.62. The van der Waals surface area contributed by atoms with Crippen molar-refractivity contribution in [1.82, 2.24) is 0 Å². The molecule has 1 aromatic carbocycles. The zero-order valence-corrected chi connectivity index (χ0v) is 11.6. The molecule has 0 saturated carbocycles. The summed E-state index contributed by atoms with van der Waals surface area (Å²) in [6.07, 6.45) is 1.79. The summed E-state index contributed by atoms with van der Waals surface area (Å²) >= 11 is 0. The van der Waals surface area contributed by atoms with E-state index in [9.17, 15) is 14.3 Å². The first kappa shape index (κ1) is 14.8. The van der Waals surface area contributed by atoms with Crippen molar-refractivity contribution >= 4 is 11.7 Å². The number of unbranched alkanes of at least 4 members (excludes halogenated alkanes) is 1. The molecule has 0 bridgehead atoms. The summed E-state index contributed by atoms with van der Waals surface area (Å²) in [5.41, 5.74) is 1.07. The molecule has 1 aliphatic heterocycles. The summed E-state index contributed by atoms with van der Waals surface area (Å²) in [5.74, 6) is -1.16. The Morgan fingerprint density at radius 1 is 1.20 bits per heavy atom. The third-order valence-electron chi connectivity index (χ3n) is 3.82. The van der Waals surface area contributed by atoms with E-state index in [1.807, 2.05) is 12.1 Å². The van der Waals surface area contributed by atoms with E-state index in [2.05, 4.69) is 4.90 Å². The number of halogens is 1. The molecular weight excluding hydrogens is 259 g/mol. The van der Waals surface area contributed by atoms with E-state index in [4.69, 9.17) is 0 Å². The molecule has 1 aliphatic rings. The van der Waals surface area contributed by atoms with Crippen molar-refractivity contribution < 1.29 is 19.2 Å². The Balaban J connectivity index is 1.69. The number of quaternary nitrogens is 1. The van der Waals surface area contributed by atoms with Gasteiger partial charge in [0.15, 0.2) is 0 Å². The fourth-order valence-electron chi connectivity index (χ4n) is 2.63. The van der Waals surface area contributed by atoms with Gasteiger partial charge >= 0.3 is 0 Å². The molecule has 1 fully saturated rings. The van der Waals surface area contributed by atoms with Crippen LogP contribution in [0.4, 0.5) is 10.1 Å². The van der Waals surface area contributed by atoms with Gasteiger partial charge in [-0.15, -0.1) is 0 Å². The molecule has 1 saturated heterocycles. The molecule has 1 aromatic rings. The summed E-state index contributed by atoms with van der Waals surface area (Å²) in [6.45, 7) is 5.03. The first-order valence-corrected chi connectivity index (χ1v) is 7.19. The molecular formula is C15H21FN2O2. The number of piperazine rings is 1. The molecule has 20 heavy (non-hydrogen) atoms. The van der Waals surface area contributed by atoms with Crippen molar-refractivity contribution in [3.8, 4) is 0 Å². The lowest BCUT2D eigenvalue weighted by Gasteiger charge is -2.33. The van der Waals surface area contributed by atoms with Crippen molar-refractivity contribution in [3.05, 3.63) is 30.1 Å². The van der Waals surface area contributed by atoms with Crippen LogP contribution >= 0.6 is 0 Å². The number of carbonyl (C=O) groups is 1. The molecule has 4 nitrogen and oxygen atoms in total. The van der Waals surface area contributed by atoms with E-state index in [0.29, 0.717) is 6.42 Å². The SMILES string of the molecule is O=C([O-])CCCC[NH+]1CCN(c2ccc(F)cc2)CC1. The smallest absolute Gasteiger partial charge is 0.123 e. The first-order valence-electron chi connectivity index (χ1n) is 7.19. The van der Waals surface area contributed by atoms with Crippen LogP contribution in [-0.4, -0.2) is 38.7 Å². The Labute approximate surface area is 118 Å². The Morgan fingerprint density at radius 2 is 1.85 bits per heavy atom. The number of benzene rings is 1. The quantitative estimate of drug-likeness (QED) is 0.711. The monoisotopic (exact) mass is 280 g/mol. The van der Waals surface area contributed by atoms with Gasteiger partial charge in [-0.05, 0) is 43.5 Å². The van der Waals surface area contributed by atoms with Gasteiger partial charge in [-0.2, -0.15) is 0 Å². The summed E-state index contributed by atoms with van der Waals surface area (Å²) in [7, 11) is 0. The number of hydrogen-bond donors (Lipinski definition) is 1. The number of nitrogens with one attached hydrogen (secondary N) is 1. The maximum atomic E-state index is 12.9. The molecule has 0 amide bonds. The number of nitrogens with zero attached hydrogens (tertiary/aromatic N) is 1. The number of anilines is 1. The zero-order chi connectivity index (χ0) is 14.4. The Morgan fingerprint density at radius 3 is 2.45 bits per heavy atom. The van der Waals surface area contributed by atoms with Gasteiger partial charge in [-0.3, -0.25) is 0 Å². The third kappa shape index (κ3) is 4.49. The van der Waals surface area contributed by atoms with Gasteiger partial charge in [0.05, 0.1) is 32.7 Å². The topological polar surface area (TPSA) is 47.8 Å². The van der Waals surface area contributed by atoms with Gasteiger partial charge in [0.25, 0.3) is 0 Å². The summed E-state index contributed by atoms with van der Waals surface area (Å²) in [6, 6.07) is 6.63. The highest BCUT2D eigenvalue weighted by molar-refractivity contribution is 5.64. The van der Waals surface area contributed by atoms with Crippen LogP contribution in [0.25, 0.3) is 0 Å². The highest BCUT2D eigenvalue weighted by Gasteiger charge is 2.19. The number of carboxylic acids is 1. The lowest BCUT2D eigenvalue weighted by Crippen LogP contribution is -3.14. The number of rotatable bonds is 6. The molecule has 0 atom stereocenters. The summed E-state index contributed by atoms with van der Waals surface area (Å²) in [5, 5.41) is 10.3. The number of carbonyl (C=O) groups excluding carboxylic acids is 1. The summed E-state index contributed by atoms with van der Waals surface area (Å²) in [4.78, 5) is 14.1. The van der Waals surface area contributed by atoms with Gasteiger partial charge in [0.1, 0.15) is 5.82 Å². The maximum absolute atomic E-state index is 12.9. The average Bonchev–Trinajstić information content (AvgIpc) is 2.45. The van der Waals surface area contributed by atoms with Crippen LogP contribution in [0.2, 0.25) is 0 Å². The highest BCUT2D eigenvalue weighted by atomic mass is 19.1. The fraction of sp³-hybridized carbons (Fsp3) is 0.533. The van der Waals surface area contributed by atoms with Crippen LogP contribution in [0.3, 0.4) is 0 Å². The van der Waals surface area contributed by atoms with Gasteiger partial charge in [0, 0.05) is 11.7 Å². The second-order valence-electron chi connectivity index (χ2n) is 5.29. The molecule has 0 aliphatic carbocycles. The van der Waals surface area contributed by atoms with Crippen molar-refractivity contribution in [2.24, 2.45) is 0 Å². The van der Waals surface area contributed by atoms with Crippen LogP contribution in [0.5, 0.6) is 0 Å². The first-order chi connectivity index (χ1) is 9.65. The van der Waals surface area contributed by atoms with Crippen molar-refractivity contribution in [3.63, 3.8) is 0 Å². The van der Waals surface area contributed by atoms with E-state index in [0.717, 1.165) is 44.8 Å². The zero-order valence-electron chi connectivity index (χ0n) is 11.6. The Bertz CT molecular complexity index is 428. The molecule has 0 spiro atoms. The maximum Gasteiger partial charge on any atom is 0.123 e. The van der Waals surface area contributed by atoms with Crippen LogP contribution in [0.15, 0.2) is 24.3 Å². The molecule has 1 heterocycles. The number of carboxylic acid groups (broad SMARTS) is 1. The van der Waals surface area contributed by atoms with Crippen molar-refractivity contribution in [1.29, 1.82) is 0 Å². The predicted octanol–water partition coefficient (Wildman–Crippen LogP) is -0.549. The minimum absolute atomic E-state index is 0.162. The molecule has 0 unspecified atom stereocenters. The lowest BCUT2D eigenvalue weighted by atomic mass is 10.2. The minimum Gasteiger partial charge on any atom is -0.550 e. The predicted molar refractivity (Wildman–Crippen MR) is 73.0 cm³/mol. The van der Waals surface area contributed by atoms with E-state index in [1.165, 1.54) is 17.0 Å². The second-order valence-corrected chi connectivity index (χ2v) is 5.29. The van der Waals surface area contributed by atoms with Gasteiger partial charge < -0.3 is 19.7 Å². The molecule has 2 rings (SSSR count). The molecule has 1 N–H and O–H groups in total. The molecule has 5 heteroatoms. The minimum atomic E-state index is -0.957. The average molecular weight is 280 g/mol. The van der Waals surface area contributed by atoms with E-state index in [1.54, 1.807) is 0 Å². The fourth-order valence-corrected chi connectivity index (χ4v) is 2.63. The highest BCUT2D eigenvalue weighted by Crippen LogP contribution is 2.14. The molecule has 110 valence electrons. The standard InChI is InChI=1S/C15H21FN2O2/c16-13-4-6-14(7-5-13)18-11-9-17(10-12-18)8-2-1-3-15(19)20/h4-7H,1-3,8-12H2,(H,19,20). The number of hydrogen-bond acceptors (Lipinski definition) is 3. The largest absolute Gasteiger partial charge is 0.550 e. The van der Waals surface area contributed by atoms with E-state index < -0.39 is 5.97 Å².